The Hall–Kier alpha value is -1.64. The fraction of sp³-hybridized carbons (Fsp3) is 0.818. The average Bonchev–Trinajstić information content (AvgIpc) is 4.04. The molecule has 0 aromatic heterocycles. The van der Waals surface area contributed by atoms with E-state index < -0.39 is 5.79 Å². The van der Waals surface area contributed by atoms with E-state index in [-0.39, 0.29) is 29.4 Å². The van der Waals surface area contributed by atoms with Crippen molar-refractivity contribution in [3.05, 3.63) is 41.2 Å². The topological polar surface area (TPSA) is 61.9 Å². The van der Waals surface area contributed by atoms with Crippen LogP contribution in [-0.2, 0) is 23.8 Å². The van der Waals surface area contributed by atoms with Gasteiger partial charge in [0.15, 0.2) is 5.79 Å². The van der Waals surface area contributed by atoms with E-state index in [9.17, 15) is 0 Å². The minimum atomic E-state index is -0.629. The summed E-state index contributed by atoms with van der Waals surface area (Å²) in [7, 11) is 0. The van der Waals surface area contributed by atoms with Gasteiger partial charge in [0.1, 0.15) is 37.3 Å². The van der Waals surface area contributed by atoms with Crippen molar-refractivity contribution in [1.29, 1.82) is 0 Å². The summed E-state index contributed by atoms with van der Waals surface area (Å²) >= 11 is 0. The lowest BCUT2D eigenvalue weighted by atomic mass is 9.78. The first-order valence-corrected chi connectivity index (χ1v) is 21.1. The molecule has 3 heterocycles. The minimum Gasteiger partial charge on any atom is -0.495 e. The molecule has 1 aromatic carbocycles. The minimum absolute atomic E-state index is 0.0504. The summed E-state index contributed by atoms with van der Waals surface area (Å²) in [5.41, 5.74) is 2.04. The number of hydroxylamine groups is 2. The van der Waals surface area contributed by atoms with Crippen molar-refractivity contribution in [2.75, 3.05) is 26.4 Å². The highest BCUT2D eigenvalue weighted by atomic mass is 16.8. The van der Waals surface area contributed by atoms with Crippen LogP contribution in [0.5, 0.6) is 5.75 Å². The molecule has 3 aliphatic heterocycles. The number of epoxide rings is 1. The van der Waals surface area contributed by atoms with Crippen LogP contribution >= 0.6 is 0 Å². The molecule has 1 saturated carbocycles. The third-order valence-electron chi connectivity index (χ3n) is 11.2. The largest absolute Gasteiger partial charge is 0.495 e. The van der Waals surface area contributed by atoms with Gasteiger partial charge in [-0.2, -0.15) is 5.06 Å². The molecule has 51 heavy (non-hydrogen) atoms. The lowest BCUT2D eigenvalue weighted by Crippen LogP contribution is -2.65. The van der Waals surface area contributed by atoms with Gasteiger partial charge in [0, 0.05) is 30.3 Å². The van der Waals surface area contributed by atoms with Gasteiger partial charge in [0.25, 0.3) is 0 Å². The Kier molecular flexibility index (Phi) is 15.6. The lowest BCUT2D eigenvalue weighted by Gasteiger charge is -2.56. The summed E-state index contributed by atoms with van der Waals surface area (Å²) in [5.74, 6) is 1.47. The van der Waals surface area contributed by atoms with E-state index in [4.69, 9.17) is 28.5 Å². The molecule has 0 N–H and O–H groups in total. The van der Waals surface area contributed by atoms with Crippen LogP contribution in [0.3, 0.4) is 0 Å². The molecule has 5 rings (SSSR count). The number of piperidine rings is 1. The van der Waals surface area contributed by atoms with Crippen molar-refractivity contribution in [1.82, 2.24) is 5.06 Å². The standard InChI is InChI=1S/C44H73NO6/c1-7-8-9-10-11-12-13-14-15-16-17-18-19-20-21-22-41(37-23-24-37)48-31-40-32-49-44(50-40)33-42(3,4)45(43(5,6)34-44)51-35(2)36-25-27-38(28-26-36)46-29-39-30-47-39/h25-28,35,39-40H,7-24,29-34H2,1-6H3. The normalized spacial score (nSPS) is 23.8. The van der Waals surface area contributed by atoms with Crippen LogP contribution in [0.25, 0.3) is 0 Å². The SMILES string of the molecule is CCCCCCCCCCCCCCCCCC(OCC1COC2(CC(C)(C)N(OC(C)c3ccc(OCC4CO4)cc3)C(C)(C)C2)O1)=C1CC1. The Morgan fingerprint density at radius 3 is 1.82 bits per heavy atom. The highest BCUT2D eigenvalue weighted by Crippen LogP contribution is 2.49. The van der Waals surface area contributed by atoms with Gasteiger partial charge in [0.2, 0.25) is 0 Å². The molecule has 4 fully saturated rings. The summed E-state index contributed by atoms with van der Waals surface area (Å²) in [4.78, 5) is 6.73. The molecule has 0 bridgehead atoms. The number of allylic oxidation sites excluding steroid dienone is 2. The zero-order valence-electron chi connectivity index (χ0n) is 33.4. The summed E-state index contributed by atoms with van der Waals surface area (Å²) in [6.45, 7) is 15.9. The van der Waals surface area contributed by atoms with Crippen molar-refractivity contribution in [2.45, 2.75) is 205 Å². The second-order valence-corrected chi connectivity index (χ2v) is 17.4. The molecule has 3 saturated heterocycles. The van der Waals surface area contributed by atoms with Crippen LogP contribution in [0.15, 0.2) is 35.6 Å². The van der Waals surface area contributed by atoms with Crippen LogP contribution in [0.4, 0.5) is 0 Å². The number of benzene rings is 1. The number of ether oxygens (including phenoxy) is 5. The Morgan fingerprint density at radius 2 is 1.29 bits per heavy atom. The highest BCUT2D eigenvalue weighted by molar-refractivity contribution is 5.28. The summed E-state index contributed by atoms with van der Waals surface area (Å²) in [5, 5.41) is 2.19. The molecule has 0 radical (unpaired) electrons. The maximum atomic E-state index is 6.76. The third kappa shape index (κ3) is 13.3. The molecule has 4 aliphatic rings. The first-order valence-electron chi connectivity index (χ1n) is 21.1. The molecule has 3 unspecified atom stereocenters. The van der Waals surface area contributed by atoms with Crippen molar-refractivity contribution in [3.63, 3.8) is 0 Å². The van der Waals surface area contributed by atoms with Gasteiger partial charge >= 0.3 is 0 Å². The maximum Gasteiger partial charge on any atom is 0.172 e. The predicted molar refractivity (Wildman–Crippen MR) is 206 cm³/mol. The van der Waals surface area contributed by atoms with E-state index in [0.717, 1.165) is 37.2 Å². The van der Waals surface area contributed by atoms with Gasteiger partial charge in [-0.25, -0.2) is 0 Å². The quantitative estimate of drug-likeness (QED) is 0.0568. The maximum absolute atomic E-state index is 6.76. The number of hydrogen-bond acceptors (Lipinski definition) is 7. The first kappa shape index (κ1) is 40.5. The Labute approximate surface area is 311 Å². The summed E-state index contributed by atoms with van der Waals surface area (Å²) < 4.78 is 30.9. The summed E-state index contributed by atoms with van der Waals surface area (Å²) in [6, 6.07) is 8.23. The van der Waals surface area contributed by atoms with Crippen molar-refractivity contribution < 1.29 is 28.5 Å². The van der Waals surface area contributed by atoms with Gasteiger partial charge in [0.05, 0.1) is 19.0 Å². The van der Waals surface area contributed by atoms with Gasteiger partial charge in [-0.05, 0) is 77.2 Å². The fourth-order valence-electron chi connectivity index (χ4n) is 8.46. The molecular formula is C44H73NO6. The molecule has 0 amide bonds. The Morgan fingerprint density at radius 1 is 0.745 bits per heavy atom. The number of rotatable bonds is 25. The number of unbranched alkanes of at least 4 members (excludes halogenated alkanes) is 14. The van der Waals surface area contributed by atoms with Gasteiger partial charge in [-0.3, -0.25) is 4.84 Å². The van der Waals surface area contributed by atoms with Crippen LogP contribution < -0.4 is 4.74 Å². The van der Waals surface area contributed by atoms with Crippen LogP contribution in [0.2, 0.25) is 0 Å². The van der Waals surface area contributed by atoms with E-state index in [1.165, 1.54) is 120 Å². The van der Waals surface area contributed by atoms with E-state index in [1.807, 2.05) is 12.1 Å². The molecule has 3 atom stereocenters. The Balaban J connectivity index is 0.970. The zero-order valence-corrected chi connectivity index (χ0v) is 33.4. The number of nitrogens with zero attached hydrogens (tertiary/aromatic N) is 1. The zero-order chi connectivity index (χ0) is 36.2. The van der Waals surface area contributed by atoms with Crippen molar-refractivity contribution >= 4 is 0 Å². The summed E-state index contributed by atoms with van der Waals surface area (Å²) in [6.07, 6.45) is 25.9. The highest BCUT2D eigenvalue weighted by Gasteiger charge is 2.58. The second-order valence-electron chi connectivity index (χ2n) is 17.4. The average molecular weight is 712 g/mol. The second kappa shape index (κ2) is 19.6. The Bertz CT molecular complexity index is 1170. The molecule has 1 aromatic rings. The van der Waals surface area contributed by atoms with E-state index in [2.05, 4.69) is 58.7 Å². The van der Waals surface area contributed by atoms with Crippen LogP contribution in [0, 0.1) is 0 Å². The van der Waals surface area contributed by atoms with E-state index in [1.54, 1.807) is 0 Å². The van der Waals surface area contributed by atoms with Gasteiger partial charge in [-0.1, -0.05) is 109 Å². The first-order chi connectivity index (χ1) is 24.6. The van der Waals surface area contributed by atoms with Gasteiger partial charge < -0.3 is 23.7 Å². The number of hydrogen-bond donors (Lipinski definition) is 0. The predicted octanol–water partition coefficient (Wildman–Crippen LogP) is 11.5. The third-order valence-corrected chi connectivity index (χ3v) is 11.2. The van der Waals surface area contributed by atoms with Gasteiger partial charge in [-0.15, -0.1) is 0 Å². The fourth-order valence-corrected chi connectivity index (χ4v) is 8.46. The molecule has 7 nitrogen and oxygen atoms in total. The van der Waals surface area contributed by atoms with E-state index >= 15 is 0 Å². The van der Waals surface area contributed by atoms with Crippen LogP contribution in [0.1, 0.15) is 182 Å². The molecule has 290 valence electrons. The molecular weight excluding hydrogens is 638 g/mol. The van der Waals surface area contributed by atoms with Crippen molar-refractivity contribution in [2.24, 2.45) is 0 Å². The monoisotopic (exact) mass is 712 g/mol. The smallest absolute Gasteiger partial charge is 0.172 e. The molecule has 1 spiro atoms. The van der Waals surface area contributed by atoms with E-state index in [0.29, 0.717) is 19.8 Å². The molecule has 7 heteroatoms. The van der Waals surface area contributed by atoms with Crippen molar-refractivity contribution in [3.8, 4) is 5.75 Å². The lowest BCUT2D eigenvalue weighted by molar-refractivity contribution is -0.351. The van der Waals surface area contributed by atoms with Crippen LogP contribution in [-0.4, -0.2) is 60.6 Å². The molecule has 1 aliphatic carbocycles.